The second-order valence-electron chi connectivity index (χ2n) is 4.06. The van der Waals surface area contributed by atoms with Crippen LogP contribution < -0.4 is 0 Å². The lowest BCUT2D eigenvalue weighted by atomic mass is 10.3. The van der Waals surface area contributed by atoms with E-state index in [9.17, 15) is 17.6 Å². The summed E-state index contributed by atoms with van der Waals surface area (Å²) >= 11 is 17.2. The number of aromatic nitrogens is 2. The first kappa shape index (κ1) is 15.7. The Hall–Kier alpha value is -0.720. The van der Waals surface area contributed by atoms with Gasteiger partial charge in [0.1, 0.15) is 5.82 Å². The summed E-state index contributed by atoms with van der Waals surface area (Å²) in [5.41, 5.74) is 0.440. The quantitative estimate of drug-likeness (QED) is 0.562. The Morgan fingerprint density at radius 2 is 1.80 bits per heavy atom. The fourth-order valence-electron chi connectivity index (χ4n) is 1.73. The summed E-state index contributed by atoms with van der Waals surface area (Å²) in [6, 6.07) is 2.66. The van der Waals surface area contributed by atoms with Crippen LogP contribution in [0.3, 0.4) is 0 Å². The van der Waals surface area contributed by atoms with Crippen molar-refractivity contribution >= 4 is 45.8 Å². The number of alkyl halides is 5. The van der Waals surface area contributed by atoms with E-state index in [-0.39, 0.29) is 32.8 Å². The number of fused-ring (bicyclic) bond motifs is 1. The molecule has 0 saturated heterocycles. The van der Waals surface area contributed by atoms with Gasteiger partial charge in [-0.3, -0.25) is 0 Å². The van der Waals surface area contributed by atoms with Crippen molar-refractivity contribution in [3.63, 3.8) is 0 Å². The molecule has 110 valence electrons. The Balaban J connectivity index is 2.59. The van der Waals surface area contributed by atoms with E-state index in [2.05, 4.69) is 4.98 Å². The molecule has 20 heavy (non-hydrogen) atoms. The zero-order chi connectivity index (χ0) is 15.1. The van der Waals surface area contributed by atoms with Gasteiger partial charge in [-0.1, -0.05) is 23.2 Å². The molecule has 0 aliphatic heterocycles. The molecule has 0 atom stereocenters. The lowest BCUT2D eigenvalue weighted by Crippen LogP contribution is -2.32. The summed E-state index contributed by atoms with van der Waals surface area (Å²) < 4.78 is 52.0. The summed E-state index contributed by atoms with van der Waals surface area (Å²) in [5.74, 6) is -4.36. The smallest absolute Gasteiger partial charge is 0.321 e. The molecule has 0 N–H and O–H groups in total. The van der Waals surface area contributed by atoms with Gasteiger partial charge in [0, 0.05) is 0 Å². The SMILES string of the molecule is FC(F)C(F)(F)Cn1c(CCl)nc2cc(Cl)c(Cl)cc21. The molecular formula is C11H7Cl3F4N2. The maximum Gasteiger partial charge on any atom is 0.324 e. The molecule has 1 aromatic heterocycles. The van der Waals surface area contributed by atoms with Gasteiger partial charge in [-0.05, 0) is 12.1 Å². The van der Waals surface area contributed by atoms with Crippen LogP contribution in [-0.4, -0.2) is 21.9 Å². The molecule has 2 aromatic rings. The summed E-state index contributed by atoms with van der Waals surface area (Å²) in [6.07, 6.45) is -3.79. The summed E-state index contributed by atoms with van der Waals surface area (Å²) in [5, 5.41) is 0.298. The number of nitrogens with zero attached hydrogens (tertiary/aromatic N) is 2. The average molecular weight is 350 g/mol. The number of halogens is 7. The van der Waals surface area contributed by atoms with Gasteiger partial charge in [0.2, 0.25) is 0 Å². The molecule has 0 aliphatic carbocycles. The highest BCUT2D eigenvalue weighted by Gasteiger charge is 2.41. The molecule has 1 heterocycles. The third-order valence-electron chi connectivity index (χ3n) is 2.68. The number of hydrogen-bond donors (Lipinski definition) is 0. The molecule has 0 unspecified atom stereocenters. The predicted molar refractivity (Wildman–Crippen MR) is 70.3 cm³/mol. The van der Waals surface area contributed by atoms with Gasteiger partial charge in [0.15, 0.2) is 0 Å². The Labute approximate surface area is 126 Å². The van der Waals surface area contributed by atoms with Gasteiger partial charge >= 0.3 is 12.3 Å². The lowest BCUT2D eigenvalue weighted by Gasteiger charge is -2.17. The van der Waals surface area contributed by atoms with Crippen molar-refractivity contribution in [3.05, 3.63) is 28.0 Å². The Morgan fingerprint density at radius 3 is 2.35 bits per heavy atom. The van der Waals surface area contributed by atoms with Crippen molar-refractivity contribution in [2.45, 2.75) is 24.8 Å². The van der Waals surface area contributed by atoms with E-state index in [4.69, 9.17) is 34.8 Å². The van der Waals surface area contributed by atoms with Crippen molar-refractivity contribution in [2.24, 2.45) is 0 Å². The van der Waals surface area contributed by atoms with Gasteiger partial charge in [-0.15, -0.1) is 11.6 Å². The van der Waals surface area contributed by atoms with Crippen molar-refractivity contribution < 1.29 is 17.6 Å². The second kappa shape index (κ2) is 5.58. The Kier molecular flexibility index (Phi) is 4.37. The van der Waals surface area contributed by atoms with Crippen LogP contribution in [0.25, 0.3) is 11.0 Å². The van der Waals surface area contributed by atoms with Crippen molar-refractivity contribution in [1.82, 2.24) is 9.55 Å². The molecule has 9 heteroatoms. The number of imidazole rings is 1. The van der Waals surface area contributed by atoms with Crippen LogP contribution in [0.1, 0.15) is 5.82 Å². The monoisotopic (exact) mass is 348 g/mol. The summed E-state index contributed by atoms with van der Waals surface area (Å²) in [7, 11) is 0. The highest BCUT2D eigenvalue weighted by atomic mass is 35.5. The van der Waals surface area contributed by atoms with E-state index in [1.54, 1.807) is 0 Å². The van der Waals surface area contributed by atoms with Crippen molar-refractivity contribution in [3.8, 4) is 0 Å². The summed E-state index contributed by atoms with van der Waals surface area (Å²) in [6.45, 7) is -1.23. The first-order valence-electron chi connectivity index (χ1n) is 5.32. The molecule has 0 radical (unpaired) electrons. The minimum absolute atomic E-state index is 0.0420. The largest absolute Gasteiger partial charge is 0.324 e. The van der Waals surface area contributed by atoms with Crippen LogP contribution in [0.4, 0.5) is 17.6 Å². The minimum atomic E-state index is -4.19. The third kappa shape index (κ3) is 2.82. The fourth-order valence-corrected chi connectivity index (χ4v) is 2.25. The van der Waals surface area contributed by atoms with Crippen LogP contribution in [0, 0.1) is 0 Å². The minimum Gasteiger partial charge on any atom is -0.321 e. The average Bonchev–Trinajstić information content (AvgIpc) is 2.67. The molecule has 2 nitrogen and oxygen atoms in total. The molecule has 0 amide bonds. The van der Waals surface area contributed by atoms with Crippen LogP contribution in [0.5, 0.6) is 0 Å². The molecule has 0 fully saturated rings. The van der Waals surface area contributed by atoms with E-state index in [1.807, 2.05) is 0 Å². The molecular weight excluding hydrogens is 342 g/mol. The number of benzene rings is 1. The van der Waals surface area contributed by atoms with Crippen LogP contribution >= 0.6 is 34.8 Å². The molecule has 0 bridgehead atoms. The first-order valence-corrected chi connectivity index (χ1v) is 6.61. The van der Waals surface area contributed by atoms with Gasteiger partial charge in [-0.25, -0.2) is 13.8 Å². The molecule has 0 saturated carbocycles. The molecule has 0 aliphatic rings. The standard InChI is InChI=1S/C11H7Cl3F4N2/c12-3-9-19-7-1-5(13)6(14)2-8(7)20(9)4-11(17,18)10(15)16/h1-2,10H,3-4H2. The maximum absolute atomic E-state index is 13.2. The summed E-state index contributed by atoms with van der Waals surface area (Å²) in [4.78, 5) is 3.99. The van der Waals surface area contributed by atoms with Gasteiger partial charge in [0.05, 0.1) is 33.5 Å². The normalized spacial score (nSPS) is 12.6. The third-order valence-corrected chi connectivity index (χ3v) is 3.64. The topological polar surface area (TPSA) is 17.8 Å². The van der Waals surface area contributed by atoms with Crippen LogP contribution in [0.15, 0.2) is 12.1 Å². The Bertz CT molecular complexity index is 642. The maximum atomic E-state index is 13.2. The molecule has 0 spiro atoms. The van der Waals surface area contributed by atoms with E-state index in [1.165, 1.54) is 12.1 Å². The van der Waals surface area contributed by atoms with Gasteiger partial charge in [0.25, 0.3) is 0 Å². The second-order valence-corrected chi connectivity index (χ2v) is 5.15. The molecule has 1 aromatic carbocycles. The fraction of sp³-hybridized carbons (Fsp3) is 0.364. The number of hydrogen-bond acceptors (Lipinski definition) is 1. The van der Waals surface area contributed by atoms with E-state index < -0.39 is 18.9 Å². The number of rotatable bonds is 4. The first-order chi connectivity index (χ1) is 9.26. The van der Waals surface area contributed by atoms with E-state index in [0.29, 0.717) is 0 Å². The van der Waals surface area contributed by atoms with Crippen molar-refractivity contribution in [1.29, 1.82) is 0 Å². The van der Waals surface area contributed by atoms with Gasteiger partial charge in [-0.2, -0.15) is 8.78 Å². The predicted octanol–water partition coefficient (Wildman–Crippen LogP) is 4.98. The highest BCUT2D eigenvalue weighted by molar-refractivity contribution is 6.42. The Morgan fingerprint density at radius 1 is 1.20 bits per heavy atom. The highest BCUT2D eigenvalue weighted by Crippen LogP contribution is 2.32. The molecule has 2 rings (SSSR count). The van der Waals surface area contributed by atoms with E-state index >= 15 is 0 Å². The van der Waals surface area contributed by atoms with Crippen LogP contribution in [-0.2, 0) is 12.4 Å². The lowest BCUT2D eigenvalue weighted by molar-refractivity contribution is -0.137. The van der Waals surface area contributed by atoms with E-state index in [0.717, 1.165) is 4.57 Å². The zero-order valence-electron chi connectivity index (χ0n) is 9.69. The van der Waals surface area contributed by atoms with Gasteiger partial charge < -0.3 is 4.57 Å². The van der Waals surface area contributed by atoms with Crippen LogP contribution in [0.2, 0.25) is 10.0 Å². The van der Waals surface area contributed by atoms with Crippen molar-refractivity contribution in [2.75, 3.05) is 0 Å². The zero-order valence-corrected chi connectivity index (χ0v) is 12.0.